The Morgan fingerprint density at radius 1 is 1.35 bits per heavy atom. The third kappa shape index (κ3) is 3.29. The number of aromatic carboxylic acids is 1. The first-order valence-electron chi connectivity index (χ1n) is 7.14. The molecule has 8 heteroatoms. The fourth-order valence-corrected chi connectivity index (χ4v) is 2.08. The molecule has 0 atom stereocenters. The summed E-state index contributed by atoms with van der Waals surface area (Å²) in [5, 5.41) is 18.5. The third-order valence-corrected chi connectivity index (χ3v) is 4.21. The fraction of sp³-hybridized carbons (Fsp3) is 0.467. The van der Waals surface area contributed by atoms with Crippen LogP contribution in [0.25, 0.3) is 6.08 Å². The Morgan fingerprint density at radius 2 is 1.91 bits per heavy atom. The van der Waals surface area contributed by atoms with Crippen LogP contribution in [-0.2, 0) is 9.31 Å². The van der Waals surface area contributed by atoms with Gasteiger partial charge >= 0.3 is 13.1 Å². The molecule has 23 heavy (non-hydrogen) atoms. The first-order chi connectivity index (χ1) is 10.6. The topological polar surface area (TPSA) is 88.9 Å². The predicted molar refractivity (Wildman–Crippen MR) is 82.3 cm³/mol. The minimum absolute atomic E-state index is 0.191. The van der Waals surface area contributed by atoms with Crippen LogP contribution in [0.2, 0.25) is 0 Å². The van der Waals surface area contributed by atoms with Crippen LogP contribution in [0.5, 0.6) is 0 Å². The maximum atomic E-state index is 14.2. The number of aliphatic hydroxyl groups excluding tert-OH is 1. The van der Waals surface area contributed by atoms with Crippen LogP contribution >= 0.6 is 0 Å². The summed E-state index contributed by atoms with van der Waals surface area (Å²) in [6.45, 7) is 6.98. The van der Waals surface area contributed by atoms with Crippen molar-refractivity contribution < 1.29 is 28.7 Å². The van der Waals surface area contributed by atoms with E-state index in [0.29, 0.717) is 0 Å². The van der Waals surface area contributed by atoms with E-state index in [9.17, 15) is 14.3 Å². The molecule has 0 amide bonds. The molecule has 0 saturated carbocycles. The Hall–Kier alpha value is -1.77. The highest BCUT2D eigenvalue weighted by atomic mass is 19.1. The van der Waals surface area contributed by atoms with Crippen molar-refractivity contribution in [3.63, 3.8) is 0 Å². The molecule has 1 aliphatic rings. The van der Waals surface area contributed by atoms with E-state index in [1.165, 1.54) is 12.3 Å². The molecule has 2 rings (SSSR count). The highest BCUT2D eigenvalue weighted by Crippen LogP contribution is 2.38. The van der Waals surface area contributed by atoms with Gasteiger partial charge in [-0.15, -0.1) is 0 Å². The molecule has 0 spiro atoms. The predicted octanol–water partition coefficient (Wildman–Crippen LogP) is 1.93. The Labute approximate surface area is 134 Å². The lowest BCUT2D eigenvalue weighted by molar-refractivity contribution is 0.00578. The zero-order chi connectivity index (χ0) is 17.4. The smallest absolute Gasteiger partial charge is 0.478 e. The zero-order valence-electron chi connectivity index (χ0n) is 13.5. The summed E-state index contributed by atoms with van der Waals surface area (Å²) in [6, 6.07) is 1.07. The second-order valence-electron chi connectivity index (χ2n) is 6.33. The van der Waals surface area contributed by atoms with Gasteiger partial charge in [-0.1, -0.05) is 0 Å². The number of hydrogen-bond donors (Lipinski definition) is 2. The van der Waals surface area contributed by atoms with Crippen molar-refractivity contribution in [3.05, 3.63) is 34.8 Å². The SMILES string of the molecule is CC1(C)OB(C(=Cc2nccc(C(=O)O)c2F)CO)OC1(C)C. The molecule has 1 saturated heterocycles. The summed E-state index contributed by atoms with van der Waals surface area (Å²) < 4.78 is 25.7. The Kier molecular flexibility index (Phi) is 4.61. The number of aromatic nitrogens is 1. The summed E-state index contributed by atoms with van der Waals surface area (Å²) in [7, 11) is -0.861. The van der Waals surface area contributed by atoms with E-state index in [1.807, 2.05) is 27.7 Å². The van der Waals surface area contributed by atoms with E-state index >= 15 is 0 Å². The van der Waals surface area contributed by atoms with Crippen molar-refractivity contribution in [2.45, 2.75) is 38.9 Å². The van der Waals surface area contributed by atoms with Crippen molar-refractivity contribution >= 4 is 19.2 Å². The number of rotatable bonds is 4. The van der Waals surface area contributed by atoms with Gasteiger partial charge in [-0.3, -0.25) is 4.98 Å². The lowest BCUT2D eigenvalue weighted by atomic mass is 9.78. The van der Waals surface area contributed by atoms with Gasteiger partial charge in [0.25, 0.3) is 0 Å². The second kappa shape index (κ2) is 6.03. The third-order valence-electron chi connectivity index (χ3n) is 4.21. The van der Waals surface area contributed by atoms with Crippen LogP contribution in [-0.4, -0.2) is 46.1 Å². The number of aliphatic hydroxyl groups is 1. The van der Waals surface area contributed by atoms with Crippen LogP contribution in [0.15, 0.2) is 17.7 Å². The number of pyridine rings is 1. The zero-order valence-corrected chi connectivity index (χ0v) is 13.5. The average molecular weight is 323 g/mol. The number of carboxylic acid groups (broad SMARTS) is 1. The molecule has 1 fully saturated rings. The first-order valence-corrected chi connectivity index (χ1v) is 7.14. The van der Waals surface area contributed by atoms with E-state index in [-0.39, 0.29) is 11.2 Å². The van der Waals surface area contributed by atoms with Gasteiger partial charge < -0.3 is 19.5 Å². The summed E-state index contributed by atoms with van der Waals surface area (Å²) in [4.78, 5) is 14.8. The molecule has 1 aromatic rings. The van der Waals surface area contributed by atoms with E-state index in [4.69, 9.17) is 14.4 Å². The van der Waals surface area contributed by atoms with Crippen molar-refractivity contribution in [1.82, 2.24) is 4.98 Å². The quantitative estimate of drug-likeness (QED) is 0.823. The minimum atomic E-state index is -1.39. The molecule has 6 nitrogen and oxygen atoms in total. The van der Waals surface area contributed by atoms with Crippen molar-refractivity contribution in [1.29, 1.82) is 0 Å². The van der Waals surface area contributed by atoms with Gasteiger partial charge in [0, 0.05) is 6.20 Å². The number of carboxylic acids is 1. The van der Waals surface area contributed by atoms with Gasteiger partial charge in [0.15, 0.2) is 5.82 Å². The molecule has 0 radical (unpaired) electrons. The van der Waals surface area contributed by atoms with Crippen LogP contribution in [0.1, 0.15) is 43.7 Å². The Balaban J connectivity index is 2.38. The standard InChI is InChI=1S/C15H19BFNO5/c1-14(2)15(3,4)23-16(22-14)9(8-19)7-11-12(17)10(13(20)21)5-6-18-11/h5-7,19H,8H2,1-4H3,(H,20,21). The van der Waals surface area contributed by atoms with E-state index < -0.39 is 42.3 Å². The Morgan fingerprint density at radius 3 is 2.39 bits per heavy atom. The molecule has 0 aromatic carbocycles. The maximum absolute atomic E-state index is 14.2. The summed E-state index contributed by atoms with van der Waals surface area (Å²) in [5.74, 6) is -2.36. The summed E-state index contributed by atoms with van der Waals surface area (Å²) in [6.07, 6.45) is 2.45. The van der Waals surface area contributed by atoms with E-state index in [1.54, 1.807) is 0 Å². The molecule has 1 aliphatic heterocycles. The maximum Gasteiger partial charge on any atom is 0.492 e. The monoisotopic (exact) mass is 323 g/mol. The van der Waals surface area contributed by atoms with Crippen LogP contribution in [0, 0.1) is 5.82 Å². The molecule has 1 aromatic heterocycles. The fourth-order valence-electron chi connectivity index (χ4n) is 2.08. The van der Waals surface area contributed by atoms with Crippen LogP contribution in [0.4, 0.5) is 4.39 Å². The Bertz CT molecular complexity index is 643. The van der Waals surface area contributed by atoms with Gasteiger partial charge in [0.1, 0.15) is 0 Å². The van der Waals surface area contributed by atoms with Crippen molar-refractivity contribution in [2.24, 2.45) is 0 Å². The molecule has 0 aliphatic carbocycles. The van der Waals surface area contributed by atoms with E-state index in [0.717, 1.165) is 6.07 Å². The number of carbonyl (C=O) groups is 1. The van der Waals surface area contributed by atoms with Crippen molar-refractivity contribution in [3.8, 4) is 0 Å². The van der Waals surface area contributed by atoms with Gasteiger partial charge in [-0.05, 0) is 45.3 Å². The van der Waals surface area contributed by atoms with Gasteiger partial charge in [0.2, 0.25) is 0 Å². The number of nitrogens with zero attached hydrogens (tertiary/aromatic N) is 1. The molecule has 2 N–H and O–H groups in total. The van der Waals surface area contributed by atoms with Gasteiger partial charge in [-0.2, -0.15) is 0 Å². The van der Waals surface area contributed by atoms with Crippen LogP contribution < -0.4 is 0 Å². The second-order valence-corrected chi connectivity index (χ2v) is 6.33. The lowest BCUT2D eigenvalue weighted by Crippen LogP contribution is -2.41. The summed E-state index contributed by atoms with van der Waals surface area (Å²) in [5.41, 5.74) is -1.64. The lowest BCUT2D eigenvalue weighted by Gasteiger charge is -2.32. The first kappa shape index (κ1) is 17.6. The number of halogens is 1. The highest BCUT2D eigenvalue weighted by Gasteiger charge is 2.52. The number of hydrogen-bond acceptors (Lipinski definition) is 5. The molecule has 2 heterocycles. The van der Waals surface area contributed by atoms with Gasteiger partial charge in [0.05, 0.1) is 29.1 Å². The highest BCUT2D eigenvalue weighted by molar-refractivity contribution is 6.55. The summed E-state index contributed by atoms with van der Waals surface area (Å²) >= 11 is 0. The van der Waals surface area contributed by atoms with Crippen molar-refractivity contribution in [2.75, 3.05) is 6.61 Å². The van der Waals surface area contributed by atoms with E-state index in [2.05, 4.69) is 4.98 Å². The molecule has 124 valence electrons. The minimum Gasteiger partial charge on any atom is -0.478 e. The van der Waals surface area contributed by atoms with Crippen LogP contribution in [0.3, 0.4) is 0 Å². The molecular weight excluding hydrogens is 304 g/mol. The molecule has 0 bridgehead atoms. The molecular formula is C15H19BFNO5. The van der Waals surface area contributed by atoms with Gasteiger partial charge in [-0.25, -0.2) is 9.18 Å². The largest absolute Gasteiger partial charge is 0.492 e. The normalized spacial score (nSPS) is 19.9. The molecule has 0 unspecified atom stereocenters. The average Bonchev–Trinajstić information content (AvgIpc) is 2.65.